The van der Waals surface area contributed by atoms with Crippen molar-refractivity contribution >= 4 is 29.3 Å². The Balaban J connectivity index is 1.85. The van der Waals surface area contributed by atoms with Crippen molar-refractivity contribution in [3.05, 3.63) is 66.0 Å². The maximum atomic E-state index is 13.2. The fourth-order valence-electron chi connectivity index (χ4n) is 4.03. The number of amides is 1. The molecule has 1 amide bonds. The number of rotatable bonds is 13. The zero-order valence-corrected chi connectivity index (χ0v) is 24.2. The Kier molecular flexibility index (Phi) is 10.4. The van der Waals surface area contributed by atoms with Crippen molar-refractivity contribution in [2.45, 2.75) is 6.92 Å². The van der Waals surface area contributed by atoms with E-state index in [-0.39, 0.29) is 5.91 Å². The molecule has 0 aliphatic rings. The first-order valence-corrected chi connectivity index (χ1v) is 13.0. The van der Waals surface area contributed by atoms with Crippen molar-refractivity contribution in [3.63, 3.8) is 0 Å². The average Bonchev–Trinajstić information content (AvgIpc) is 3.29. The van der Waals surface area contributed by atoms with Crippen LogP contribution in [-0.4, -0.2) is 100 Å². The molecule has 1 aromatic carbocycles. The predicted octanol–water partition coefficient (Wildman–Crippen LogP) is 4.10. The number of aliphatic imine (C=N–C) groups is 1. The second-order valence-corrected chi connectivity index (χ2v) is 10.0. The number of pyridine rings is 1. The number of methoxy groups -OCH3 is 1. The van der Waals surface area contributed by atoms with E-state index in [9.17, 15) is 4.79 Å². The van der Waals surface area contributed by atoms with Gasteiger partial charge >= 0.3 is 0 Å². The fraction of sp³-hybridized carbons (Fsp3) is 0.367. The number of likely N-dealkylation sites (N-methyl/N-ethyl adjacent to an activating group) is 3. The Morgan fingerprint density at radius 3 is 2.51 bits per heavy atom. The van der Waals surface area contributed by atoms with Gasteiger partial charge in [-0.1, -0.05) is 24.8 Å². The molecule has 0 aliphatic heterocycles. The van der Waals surface area contributed by atoms with E-state index < -0.39 is 0 Å². The number of aromatic amines is 1. The van der Waals surface area contributed by atoms with Gasteiger partial charge in [0.25, 0.3) is 5.91 Å². The van der Waals surface area contributed by atoms with Crippen molar-refractivity contribution in [3.8, 4) is 16.9 Å². The van der Waals surface area contributed by atoms with Crippen molar-refractivity contribution in [2.24, 2.45) is 4.99 Å². The molecule has 0 bridgehead atoms. The van der Waals surface area contributed by atoms with Gasteiger partial charge in [0.1, 0.15) is 17.4 Å². The molecule has 0 saturated carbocycles. The maximum absolute atomic E-state index is 13.2. The molecule has 0 aliphatic carbocycles. The largest absolute Gasteiger partial charge is 0.496 e. The highest BCUT2D eigenvalue weighted by molar-refractivity contribution is 6.10. The van der Waals surface area contributed by atoms with E-state index >= 15 is 0 Å². The first-order chi connectivity index (χ1) is 18.6. The van der Waals surface area contributed by atoms with Gasteiger partial charge in [-0.2, -0.15) is 0 Å². The molecule has 0 atom stereocenters. The summed E-state index contributed by atoms with van der Waals surface area (Å²) < 4.78 is 5.53. The van der Waals surface area contributed by atoms with Crippen LogP contribution in [0.25, 0.3) is 16.7 Å². The van der Waals surface area contributed by atoms with Crippen LogP contribution in [0.3, 0.4) is 0 Å². The van der Waals surface area contributed by atoms with Gasteiger partial charge in [0, 0.05) is 74.1 Å². The van der Waals surface area contributed by atoms with Gasteiger partial charge in [0.2, 0.25) is 0 Å². The number of nitrogens with one attached hydrogen (secondary N) is 2. The number of aromatic nitrogens is 2. The minimum atomic E-state index is -0.163. The van der Waals surface area contributed by atoms with Gasteiger partial charge in [-0.15, -0.1) is 0 Å². The number of ether oxygens (including phenoxy) is 1. The number of hydrogen-bond donors (Lipinski definition) is 2. The number of para-hydroxylation sites is 1. The maximum Gasteiger partial charge on any atom is 0.255 e. The molecule has 0 radical (unpaired) electrons. The van der Waals surface area contributed by atoms with Gasteiger partial charge in [0.05, 0.1) is 12.7 Å². The molecule has 0 fully saturated rings. The Labute approximate surface area is 232 Å². The molecule has 39 heavy (non-hydrogen) atoms. The van der Waals surface area contributed by atoms with Gasteiger partial charge in [-0.25, -0.2) is 9.98 Å². The van der Waals surface area contributed by atoms with Crippen LogP contribution in [0, 0.1) is 6.92 Å². The molecule has 0 spiro atoms. The van der Waals surface area contributed by atoms with Crippen molar-refractivity contribution in [1.82, 2.24) is 25.1 Å². The first kappa shape index (κ1) is 29.6. The second-order valence-electron chi connectivity index (χ2n) is 10.0. The smallest absolute Gasteiger partial charge is 0.255 e. The normalized spacial score (nSPS) is 11.4. The van der Waals surface area contributed by atoms with E-state index in [1.165, 1.54) is 0 Å². The van der Waals surface area contributed by atoms with E-state index in [1.54, 1.807) is 19.5 Å². The molecular weight excluding hydrogens is 490 g/mol. The van der Waals surface area contributed by atoms with Crippen LogP contribution < -0.4 is 15.0 Å². The van der Waals surface area contributed by atoms with Crippen LogP contribution in [0.1, 0.15) is 21.5 Å². The summed E-state index contributed by atoms with van der Waals surface area (Å²) in [5, 5.41) is 3.01. The SMILES string of the molecule is C=C(/C=N\c1[nH]cc(-c2ccccc2OC)c1C)c1cnc(N(C)CCN(C)C)c(C(=O)NCCN(C)C)c1. The Hall–Kier alpha value is -3.95. The highest BCUT2D eigenvalue weighted by atomic mass is 16.5. The van der Waals surface area contributed by atoms with Crippen LogP contribution in [0.5, 0.6) is 5.75 Å². The van der Waals surface area contributed by atoms with E-state index in [4.69, 9.17) is 4.74 Å². The van der Waals surface area contributed by atoms with Gasteiger partial charge in [-0.05, 0) is 52.8 Å². The summed E-state index contributed by atoms with van der Waals surface area (Å²) in [7, 11) is 11.6. The van der Waals surface area contributed by atoms with E-state index in [0.717, 1.165) is 53.5 Å². The molecule has 2 aromatic heterocycles. The molecule has 2 heterocycles. The molecule has 3 rings (SSSR count). The van der Waals surface area contributed by atoms with Crippen LogP contribution in [0.2, 0.25) is 0 Å². The lowest BCUT2D eigenvalue weighted by molar-refractivity contribution is 0.0951. The zero-order chi connectivity index (χ0) is 28.5. The number of hydrogen-bond acceptors (Lipinski definition) is 7. The predicted molar refractivity (Wildman–Crippen MR) is 162 cm³/mol. The third-order valence-corrected chi connectivity index (χ3v) is 6.43. The summed E-state index contributed by atoms with van der Waals surface area (Å²) in [5.74, 6) is 2.00. The van der Waals surface area contributed by atoms with Gasteiger partial charge < -0.3 is 29.7 Å². The standard InChI is InChI=1S/C30H41N7O2/c1-21(18-32-28-22(2)26(20-33-28)24-11-9-10-12-27(24)39-8)23-17-25(30(38)31-13-14-35(3)4)29(34-19-23)37(7)16-15-36(5)6/h9-12,17-20,33H,1,13-16H2,2-8H3,(H,31,38)/b32-18-. The van der Waals surface area contributed by atoms with Crippen LogP contribution >= 0.6 is 0 Å². The highest BCUT2D eigenvalue weighted by Crippen LogP contribution is 2.35. The van der Waals surface area contributed by atoms with E-state index in [1.807, 2.05) is 88.5 Å². The molecule has 9 nitrogen and oxygen atoms in total. The summed E-state index contributed by atoms with van der Waals surface area (Å²) in [6, 6.07) is 9.74. The molecule has 0 saturated heterocycles. The van der Waals surface area contributed by atoms with E-state index in [2.05, 4.69) is 31.8 Å². The van der Waals surface area contributed by atoms with Gasteiger partial charge in [-0.3, -0.25) is 4.79 Å². The zero-order valence-electron chi connectivity index (χ0n) is 24.2. The summed E-state index contributed by atoms with van der Waals surface area (Å²) in [5.41, 5.74) is 4.92. The topological polar surface area (TPSA) is 89.1 Å². The molecule has 3 aromatic rings. The van der Waals surface area contributed by atoms with Crippen LogP contribution in [0.4, 0.5) is 11.6 Å². The molecule has 2 N–H and O–H groups in total. The number of nitrogens with zero attached hydrogens (tertiary/aromatic N) is 5. The monoisotopic (exact) mass is 531 g/mol. The van der Waals surface area contributed by atoms with E-state index in [0.29, 0.717) is 23.5 Å². The average molecular weight is 532 g/mol. The Bertz CT molecular complexity index is 1310. The van der Waals surface area contributed by atoms with Crippen molar-refractivity contribution < 1.29 is 9.53 Å². The molecule has 0 unspecified atom stereocenters. The van der Waals surface area contributed by atoms with Gasteiger partial charge in [0.15, 0.2) is 0 Å². The van der Waals surface area contributed by atoms with Crippen molar-refractivity contribution in [1.29, 1.82) is 0 Å². The molecule has 208 valence electrons. The summed E-state index contributed by atoms with van der Waals surface area (Å²) in [4.78, 5) is 31.9. The lowest BCUT2D eigenvalue weighted by Gasteiger charge is -2.23. The van der Waals surface area contributed by atoms with Crippen LogP contribution in [0.15, 0.2) is 54.3 Å². The Morgan fingerprint density at radius 2 is 1.82 bits per heavy atom. The summed E-state index contributed by atoms with van der Waals surface area (Å²) in [6.45, 7) is 9.08. The molecule has 9 heteroatoms. The minimum absolute atomic E-state index is 0.163. The van der Waals surface area contributed by atoms with Crippen molar-refractivity contribution in [2.75, 3.05) is 73.4 Å². The minimum Gasteiger partial charge on any atom is -0.496 e. The quantitative estimate of drug-likeness (QED) is 0.323. The second kappa shape index (κ2) is 13.7. The van der Waals surface area contributed by atoms with Crippen LogP contribution in [-0.2, 0) is 0 Å². The third-order valence-electron chi connectivity index (χ3n) is 6.43. The highest BCUT2D eigenvalue weighted by Gasteiger charge is 2.18. The summed E-state index contributed by atoms with van der Waals surface area (Å²) >= 11 is 0. The fourth-order valence-corrected chi connectivity index (χ4v) is 4.03. The molecular formula is C30H41N7O2. The number of allylic oxidation sites excluding steroid dienone is 1. The third kappa shape index (κ3) is 7.78. The number of anilines is 1. The Morgan fingerprint density at radius 1 is 1.10 bits per heavy atom. The number of carbonyl (C=O) groups excluding carboxylic acids is 1. The number of carbonyl (C=O) groups is 1. The lowest BCUT2D eigenvalue weighted by atomic mass is 10.0. The first-order valence-electron chi connectivity index (χ1n) is 13.0. The lowest BCUT2D eigenvalue weighted by Crippen LogP contribution is -2.34. The number of H-pyrrole nitrogens is 1. The number of benzene rings is 1. The summed E-state index contributed by atoms with van der Waals surface area (Å²) in [6.07, 6.45) is 5.37.